The van der Waals surface area contributed by atoms with Gasteiger partial charge in [0.25, 0.3) is 0 Å². The van der Waals surface area contributed by atoms with Gasteiger partial charge in [0, 0.05) is 51.2 Å². The molecule has 0 bridgehead atoms. The largest absolute Gasteiger partial charge is 0.455 e. The molecule has 3 aromatic carbocycles. The lowest BCUT2D eigenvalue weighted by Crippen LogP contribution is -2.31. The molecule has 0 atom stereocenters. The van der Waals surface area contributed by atoms with E-state index in [1.54, 1.807) is 23.7 Å². The van der Waals surface area contributed by atoms with Crippen LogP contribution in [0.4, 0.5) is 0 Å². The van der Waals surface area contributed by atoms with Crippen molar-refractivity contribution in [2.45, 2.75) is 27.5 Å². The minimum Gasteiger partial charge on any atom is -0.455 e. The summed E-state index contributed by atoms with van der Waals surface area (Å²) in [5, 5.41) is 3.51. The monoisotopic (exact) mass is 426 g/mol. The molecule has 3 aromatic heterocycles. The van der Waals surface area contributed by atoms with Crippen LogP contribution < -0.4 is 4.57 Å². The molecular formula is C29H25N2O+. The predicted molar refractivity (Wildman–Crippen MR) is 132 cm³/mol. The molecule has 0 spiro atoms. The number of fused-ring (bicyclic) bond motifs is 6. The van der Waals surface area contributed by atoms with Gasteiger partial charge >= 0.3 is 0 Å². The van der Waals surface area contributed by atoms with Gasteiger partial charge in [-0.05, 0) is 56.1 Å². The van der Waals surface area contributed by atoms with E-state index in [0.29, 0.717) is 33.3 Å². The number of hydrogen-bond acceptors (Lipinski definition) is 2. The summed E-state index contributed by atoms with van der Waals surface area (Å²) in [5.41, 5.74) is 3.08. The number of aryl methyl sites for hydroxylation is 5. The van der Waals surface area contributed by atoms with Crippen molar-refractivity contribution in [1.29, 1.82) is 0 Å². The predicted octanol–water partition coefficient (Wildman–Crippen LogP) is 7.01. The maximum atomic E-state index is 8.05. The summed E-state index contributed by atoms with van der Waals surface area (Å²) in [6.07, 6.45) is 1.35. The lowest BCUT2D eigenvalue weighted by molar-refractivity contribution is -0.660. The maximum absolute atomic E-state index is 8.05. The second kappa shape index (κ2) is 6.64. The maximum Gasteiger partial charge on any atom is 0.216 e. The molecule has 0 aliphatic heterocycles. The Bertz CT molecular complexity index is 2030. The second-order valence-electron chi connectivity index (χ2n) is 8.20. The molecule has 156 valence electrons. The van der Waals surface area contributed by atoms with Gasteiger partial charge in [-0.1, -0.05) is 36.4 Å². The van der Waals surface area contributed by atoms with Crippen molar-refractivity contribution >= 4 is 43.6 Å². The fraction of sp³-hybridized carbons (Fsp3) is 0.172. The lowest BCUT2D eigenvalue weighted by atomic mass is 9.98. The third-order valence-electron chi connectivity index (χ3n) is 6.20. The van der Waals surface area contributed by atoms with Gasteiger partial charge in [0.1, 0.15) is 18.2 Å². The number of hydrogen-bond donors (Lipinski definition) is 0. The van der Waals surface area contributed by atoms with E-state index in [4.69, 9.17) is 16.8 Å². The Morgan fingerprint density at radius 1 is 0.812 bits per heavy atom. The molecule has 0 amide bonds. The lowest BCUT2D eigenvalue weighted by Gasteiger charge is -2.07. The standard InChI is InChI=1S/C29H25N2O/c1-16-10-11-22-24-13-25-23(21-9-7-6-8-20(21)19(4)30-25)14-27(24)32-29(22)28(16)26-12-17(2)18(3)15-31(26)5/h6-15H,1-5H3/q+1/i2D3,3D3,4D3. The van der Waals surface area contributed by atoms with Crippen molar-refractivity contribution < 1.29 is 21.3 Å². The molecule has 0 unspecified atom stereocenters. The first-order chi connectivity index (χ1) is 19.1. The average molecular weight is 427 g/mol. The molecule has 3 heteroatoms. The number of aromatic nitrogens is 2. The van der Waals surface area contributed by atoms with Crippen LogP contribution in [0.2, 0.25) is 0 Å². The summed E-state index contributed by atoms with van der Waals surface area (Å²) in [5.74, 6) is 0. The fourth-order valence-corrected chi connectivity index (χ4v) is 4.60. The quantitative estimate of drug-likeness (QED) is 0.209. The van der Waals surface area contributed by atoms with Crippen LogP contribution in [0, 0.1) is 27.5 Å². The molecule has 6 rings (SSSR count). The molecule has 0 saturated carbocycles. The van der Waals surface area contributed by atoms with E-state index in [2.05, 4.69) is 4.98 Å². The molecule has 3 nitrogen and oxygen atoms in total. The molecule has 3 heterocycles. The first-order valence-electron chi connectivity index (χ1n) is 14.8. The highest BCUT2D eigenvalue weighted by Crippen LogP contribution is 2.39. The summed E-state index contributed by atoms with van der Waals surface area (Å²) in [7, 11) is 1.68. The minimum atomic E-state index is -2.65. The molecule has 0 saturated heterocycles. The van der Waals surface area contributed by atoms with Crippen LogP contribution in [0.15, 0.2) is 65.2 Å². The topological polar surface area (TPSA) is 29.9 Å². The van der Waals surface area contributed by atoms with Crippen molar-refractivity contribution in [2.24, 2.45) is 7.05 Å². The van der Waals surface area contributed by atoms with Crippen molar-refractivity contribution in [3.63, 3.8) is 0 Å². The minimum absolute atomic E-state index is 0.0304. The zero-order chi connectivity index (χ0) is 29.6. The molecule has 6 aromatic rings. The van der Waals surface area contributed by atoms with Gasteiger partial charge in [-0.15, -0.1) is 0 Å². The number of rotatable bonds is 1. The van der Waals surface area contributed by atoms with Gasteiger partial charge in [0.2, 0.25) is 5.69 Å². The van der Waals surface area contributed by atoms with Crippen molar-refractivity contribution in [3.8, 4) is 11.3 Å². The molecular weight excluding hydrogens is 392 g/mol. The fourth-order valence-electron chi connectivity index (χ4n) is 4.60. The molecule has 32 heavy (non-hydrogen) atoms. The molecule has 0 radical (unpaired) electrons. The van der Waals surface area contributed by atoms with E-state index < -0.39 is 20.6 Å². The number of furan rings is 1. The number of benzene rings is 3. The van der Waals surface area contributed by atoms with Gasteiger partial charge in [-0.25, -0.2) is 4.57 Å². The van der Waals surface area contributed by atoms with Gasteiger partial charge < -0.3 is 4.42 Å². The normalized spacial score (nSPS) is 17.2. The third-order valence-corrected chi connectivity index (χ3v) is 6.20. The van der Waals surface area contributed by atoms with Crippen LogP contribution >= 0.6 is 0 Å². The highest BCUT2D eigenvalue weighted by molar-refractivity contribution is 6.16. The summed E-state index contributed by atoms with van der Waals surface area (Å²) in [4.78, 5) is 4.57. The van der Waals surface area contributed by atoms with Crippen molar-refractivity contribution in [2.75, 3.05) is 0 Å². The Labute approximate surface area is 199 Å². The van der Waals surface area contributed by atoms with E-state index in [1.807, 2.05) is 43.3 Å². The average Bonchev–Trinajstić information content (AvgIpc) is 3.22. The Hall–Kier alpha value is -3.72. The van der Waals surface area contributed by atoms with Crippen LogP contribution in [-0.2, 0) is 7.05 Å². The van der Waals surface area contributed by atoms with E-state index >= 15 is 0 Å². The van der Waals surface area contributed by atoms with E-state index in [0.717, 1.165) is 27.1 Å². The van der Waals surface area contributed by atoms with Gasteiger partial charge in [0.15, 0.2) is 6.20 Å². The van der Waals surface area contributed by atoms with E-state index in [1.165, 1.54) is 12.3 Å². The zero-order valence-corrected chi connectivity index (χ0v) is 17.6. The smallest absolute Gasteiger partial charge is 0.216 e. The number of nitrogens with zero attached hydrogens (tertiary/aromatic N) is 2. The summed E-state index contributed by atoms with van der Waals surface area (Å²) < 4.78 is 80.0. The van der Waals surface area contributed by atoms with Crippen LogP contribution in [0.3, 0.4) is 0 Å². The van der Waals surface area contributed by atoms with Crippen LogP contribution in [0.5, 0.6) is 0 Å². The van der Waals surface area contributed by atoms with Crippen molar-refractivity contribution in [3.05, 3.63) is 83.2 Å². The first-order valence-corrected chi connectivity index (χ1v) is 10.3. The van der Waals surface area contributed by atoms with Gasteiger partial charge in [-0.2, -0.15) is 0 Å². The summed E-state index contributed by atoms with van der Waals surface area (Å²) >= 11 is 0. The summed E-state index contributed by atoms with van der Waals surface area (Å²) in [6, 6.07) is 16.1. The molecule has 0 aliphatic rings. The highest BCUT2D eigenvalue weighted by atomic mass is 16.3. The van der Waals surface area contributed by atoms with Crippen LogP contribution in [0.25, 0.3) is 54.9 Å². The van der Waals surface area contributed by atoms with Crippen LogP contribution in [-0.4, -0.2) is 4.98 Å². The molecule has 0 aliphatic carbocycles. The van der Waals surface area contributed by atoms with E-state index in [-0.39, 0.29) is 16.8 Å². The third kappa shape index (κ3) is 2.61. The Morgan fingerprint density at radius 2 is 1.66 bits per heavy atom. The molecule has 0 N–H and O–H groups in total. The van der Waals surface area contributed by atoms with E-state index in [9.17, 15) is 0 Å². The van der Waals surface area contributed by atoms with Crippen LogP contribution in [0.1, 0.15) is 34.7 Å². The first kappa shape index (κ1) is 11.8. The highest BCUT2D eigenvalue weighted by Gasteiger charge is 2.22. The van der Waals surface area contributed by atoms with Gasteiger partial charge in [-0.3, -0.25) is 4.98 Å². The molecule has 0 fully saturated rings. The Morgan fingerprint density at radius 3 is 2.47 bits per heavy atom. The Kier molecular flexibility index (Phi) is 2.44. The second-order valence-corrected chi connectivity index (χ2v) is 8.20. The Balaban J connectivity index is 1.70. The number of pyridine rings is 2. The SMILES string of the molecule is [2H]C([2H])([2H])c1cc(-c2c(C)ccc3c2oc2cc4c(cc23)nc(C([2H])([2H])[2H])c2ccccc24)[n+](C)cc1C([2H])([2H])[2H]. The van der Waals surface area contributed by atoms with Gasteiger partial charge in [0.05, 0.1) is 11.1 Å². The zero-order valence-electron chi connectivity index (χ0n) is 26.6. The summed E-state index contributed by atoms with van der Waals surface area (Å²) in [6.45, 7) is -5.78. The van der Waals surface area contributed by atoms with Crippen molar-refractivity contribution in [1.82, 2.24) is 4.98 Å².